The molecule has 0 aliphatic rings. The van der Waals surface area contributed by atoms with Crippen molar-refractivity contribution in [3.8, 4) is 0 Å². The number of hydrogen-bond acceptors (Lipinski definition) is 4. The Morgan fingerprint density at radius 1 is 1.22 bits per heavy atom. The molecule has 6 nitrogen and oxygen atoms in total. The van der Waals surface area contributed by atoms with E-state index in [2.05, 4.69) is 5.32 Å². The molecule has 0 bridgehead atoms. The van der Waals surface area contributed by atoms with E-state index >= 15 is 0 Å². The Balaban J connectivity index is 2.47. The van der Waals surface area contributed by atoms with Crippen LogP contribution in [0.3, 0.4) is 0 Å². The van der Waals surface area contributed by atoms with Crippen LogP contribution in [0.4, 0.5) is 4.79 Å². The van der Waals surface area contributed by atoms with E-state index in [1.165, 1.54) is 0 Å². The van der Waals surface area contributed by atoms with Gasteiger partial charge in [-0.15, -0.1) is 0 Å². The van der Waals surface area contributed by atoms with Crippen molar-refractivity contribution in [2.75, 3.05) is 6.61 Å². The van der Waals surface area contributed by atoms with Gasteiger partial charge in [0.25, 0.3) is 0 Å². The van der Waals surface area contributed by atoms with Crippen molar-refractivity contribution in [1.82, 2.24) is 5.32 Å². The lowest BCUT2D eigenvalue weighted by atomic mass is 10.1. The van der Waals surface area contributed by atoms with Crippen LogP contribution in [-0.4, -0.2) is 35.4 Å². The lowest BCUT2D eigenvalue weighted by molar-refractivity contribution is -0.137. The molecule has 1 aromatic rings. The molecule has 0 spiro atoms. The SMILES string of the molecule is CC(C)(C)OC(=O)N[C@@H](CCC(=O)O)COCc1ccccc1. The van der Waals surface area contributed by atoms with Gasteiger partial charge in [-0.1, -0.05) is 30.3 Å². The first-order valence-electron chi connectivity index (χ1n) is 7.59. The molecule has 1 amide bonds. The smallest absolute Gasteiger partial charge is 0.407 e. The highest BCUT2D eigenvalue weighted by Crippen LogP contribution is 2.08. The Labute approximate surface area is 136 Å². The largest absolute Gasteiger partial charge is 0.481 e. The maximum absolute atomic E-state index is 11.8. The highest BCUT2D eigenvalue weighted by molar-refractivity contribution is 5.69. The molecule has 0 aliphatic carbocycles. The molecule has 0 fully saturated rings. The van der Waals surface area contributed by atoms with Gasteiger partial charge in [-0.05, 0) is 32.8 Å². The van der Waals surface area contributed by atoms with Crippen molar-refractivity contribution in [2.45, 2.75) is 51.9 Å². The Morgan fingerprint density at radius 3 is 2.43 bits per heavy atom. The summed E-state index contributed by atoms with van der Waals surface area (Å²) in [6.07, 6.45) is -0.338. The van der Waals surface area contributed by atoms with Gasteiger partial charge in [0.05, 0.1) is 19.3 Å². The van der Waals surface area contributed by atoms with Crippen LogP contribution >= 0.6 is 0 Å². The van der Waals surface area contributed by atoms with Gasteiger partial charge in [0, 0.05) is 6.42 Å². The van der Waals surface area contributed by atoms with Gasteiger partial charge in [0.15, 0.2) is 0 Å². The zero-order valence-corrected chi connectivity index (χ0v) is 13.9. The normalized spacial score (nSPS) is 12.5. The van der Waals surface area contributed by atoms with E-state index in [-0.39, 0.29) is 19.4 Å². The van der Waals surface area contributed by atoms with E-state index in [0.29, 0.717) is 6.61 Å². The Bertz CT molecular complexity index is 495. The number of ether oxygens (including phenoxy) is 2. The summed E-state index contributed by atoms with van der Waals surface area (Å²) in [7, 11) is 0. The number of carboxylic acids is 1. The second kappa shape index (κ2) is 9.15. The molecule has 1 aromatic carbocycles. The first-order chi connectivity index (χ1) is 10.8. The quantitative estimate of drug-likeness (QED) is 0.768. The Hall–Kier alpha value is -2.08. The number of alkyl carbamates (subject to hydrolysis) is 1. The van der Waals surface area contributed by atoms with Gasteiger partial charge in [-0.25, -0.2) is 4.79 Å². The summed E-state index contributed by atoms with van der Waals surface area (Å²) in [6, 6.07) is 9.22. The topological polar surface area (TPSA) is 84.9 Å². The van der Waals surface area contributed by atoms with Crippen molar-refractivity contribution in [3.05, 3.63) is 35.9 Å². The van der Waals surface area contributed by atoms with Crippen LogP contribution in [0.5, 0.6) is 0 Å². The van der Waals surface area contributed by atoms with Gasteiger partial charge < -0.3 is 19.9 Å². The molecule has 0 radical (unpaired) electrons. The summed E-state index contributed by atoms with van der Waals surface area (Å²) >= 11 is 0. The number of hydrogen-bond donors (Lipinski definition) is 2. The van der Waals surface area contributed by atoms with Crippen LogP contribution in [0.15, 0.2) is 30.3 Å². The van der Waals surface area contributed by atoms with Crippen molar-refractivity contribution in [1.29, 1.82) is 0 Å². The van der Waals surface area contributed by atoms with Crippen LogP contribution in [0.25, 0.3) is 0 Å². The monoisotopic (exact) mass is 323 g/mol. The number of carboxylic acid groups (broad SMARTS) is 1. The van der Waals surface area contributed by atoms with Gasteiger partial charge in [-0.2, -0.15) is 0 Å². The minimum Gasteiger partial charge on any atom is -0.481 e. The zero-order valence-electron chi connectivity index (χ0n) is 13.9. The number of amides is 1. The number of aliphatic carboxylic acids is 1. The first-order valence-corrected chi connectivity index (χ1v) is 7.59. The molecule has 0 heterocycles. The van der Waals surface area contributed by atoms with Crippen molar-refractivity contribution < 1.29 is 24.2 Å². The second-order valence-corrected chi connectivity index (χ2v) is 6.28. The number of carbonyl (C=O) groups excluding carboxylic acids is 1. The summed E-state index contributed by atoms with van der Waals surface area (Å²) in [5.74, 6) is -0.913. The lowest BCUT2D eigenvalue weighted by Crippen LogP contribution is -2.41. The molecule has 1 rings (SSSR count). The lowest BCUT2D eigenvalue weighted by Gasteiger charge is -2.23. The van der Waals surface area contributed by atoms with Crippen LogP contribution < -0.4 is 5.32 Å². The highest BCUT2D eigenvalue weighted by Gasteiger charge is 2.20. The third-order valence-electron chi connectivity index (χ3n) is 2.86. The van der Waals surface area contributed by atoms with E-state index < -0.39 is 23.7 Å². The minimum atomic E-state index is -0.913. The van der Waals surface area contributed by atoms with Crippen LogP contribution in [0, 0.1) is 0 Å². The third kappa shape index (κ3) is 9.52. The molecule has 1 atom stereocenters. The molecule has 23 heavy (non-hydrogen) atoms. The van der Waals surface area contributed by atoms with Gasteiger partial charge in [0.1, 0.15) is 5.60 Å². The number of carbonyl (C=O) groups is 2. The Morgan fingerprint density at radius 2 is 1.87 bits per heavy atom. The van der Waals surface area contributed by atoms with Gasteiger partial charge in [0.2, 0.25) is 0 Å². The minimum absolute atomic E-state index is 0.0465. The maximum atomic E-state index is 11.8. The zero-order chi connectivity index (χ0) is 17.3. The predicted octanol–water partition coefficient (Wildman–Crippen LogP) is 2.96. The van der Waals surface area contributed by atoms with Gasteiger partial charge in [-0.3, -0.25) is 4.79 Å². The number of nitrogens with one attached hydrogen (secondary N) is 1. The first kappa shape index (κ1) is 19.0. The maximum Gasteiger partial charge on any atom is 0.407 e. The predicted molar refractivity (Wildman–Crippen MR) is 86.1 cm³/mol. The summed E-state index contributed by atoms with van der Waals surface area (Å²) < 4.78 is 10.8. The van der Waals surface area contributed by atoms with E-state index in [0.717, 1.165) is 5.56 Å². The van der Waals surface area contributed by atoms with Crippen molar-refractivity contribution >= 4 is 12.1 Å². The van der Waals surface area contributed by atoms with Crippen molar-refractivity contribution in [2.24, 2.45) is 0 Å². The fourth-order valence-electron chi connectivity index (χ4n) is 1.86. The fraction of sp³-hybridized carbons (Fsp3) is 0.529. The molecule has 2 N–H and O–H groups in total. The number of benzene rings is 1. The molecule has 6 heteroatoms. The molecule has 128 valence electrons. The average Bonchev–Trinajstić information content (AvgIpc) is 2.43. The van der Waals surface area contributed by atoms with E-state index in [9.17, 15) is 9.59 Å². The average molecular weight is 323 g/mol. The molecule has 0 aliphatic heterocycles. The molecule has 0 saturated heterocycles. The summed E-state index contributed by atoms with van der Waals surface area (Å²) in [4.78, 5) is 22.5. The third-order valence-corrected chi connectivity index (χ3v) is 2.86. The fourth-order valence-corrected chi connectivity index (χ4v) is 1.86. The van der Waals surface area contributed by atoms with Crippen LogP contribution in [0.2, 0.25) is 0 Å². The molecule has 0 saturated carbocycles. The van der Waals surface area contributed by atoms with Crippen molar-refractivity contribution in [3.63, 3.8) is 0 Å². The van der Waals surface area contributed by atoms with E-state index in [1.807, 2.05) is 30.3 Å². The summed E-state index contributed by atoms with van der Waals surface area (Å²) in [5.41, 5.74) is 0.411. The van der Waals surface area contributed by atoms with Crippen LogP contribution in [0.1, 0.15) is 39.2 Å². The molecular weight excluding hydrogens is 298 g/mol. The van der Waals surface area contributed by atoms with Crippen LogP contribution in [-0.2, 0) is 20.9 Å². The molecule has 0 aromatic heterocycles. The Kier molecular flexibility index (Phi) is 7.54. The van der Waals surface area contributed by atoms with Gasteiger partial charge >= 0.3 is 12.1 Å². The van der Waals surface area contributed by atoms with E-state index in [4.69, 9.17) is 14.6 Å². The standard InChI is InChI=1S/C17H25NO5/c1-17(2,3)23-16(21)18-14(9-10-15(19)20)12-22-11-13-7-5-4-6-8-13/h4-8,14H,9-12H2,1-3H3,(H,18,21)(H,19,20)/t14-/m0/s1. The molecule has 0 unspecified atom stereocenters. The summed E-state index contributed by atoms with van der Waals surface area (Å²) in [6.45, 7) is 5.93. The molecular formula is C17H25NO5. The van der Waals surface area contributed by atoms with E-state index in [1.54, 1.807) is 20.8 Å². The highest BCUT2D eigenvalue weighted by atomic mass is 16.6. The number of rotatable bonds is 8. The summed E-state index contributed by atoms with van der Waals surface area (Å²) in [5, 5.41) is 11.5. The second-order valence-electron chi connectivity index (χ2n) is 6.28.